The first kappa shape index (κ1) is 23.8. The second-order valence-corrected chi connectivity index (χ2v) is 10.5. The molecule has 2 bridgehead atoms. The Balaban J connectivity index is 1.65. The van der Waals surface area contributed by atoms with E-state index in [9.17, 15) is 9.90 Å². The zero-order valence-electron chi connectivity index (χ0n) is 20.7. The van der Waals surface area contributed by atoms with Crippen LogP contribution >= 0.6 is 0 Å². The number of carbonyl (C=O) groups excluding carboxylic acids is 1. The van der Waals surface area contributed by atoms with E-state index in [1.54, 1.807) is 19.2 Å². The molecule has 2 saturated carbocycles. The molecule has 0 heterocycles. The molecule has 5 rings (SSSR count). The van der Waals surface area contributed by atoms with E-state index < -0.39 is 29.2 Å². The van der Waals surface area contributed by atoms with Gasteiger partial charge >= 0.3 is 5.97 Å². The van der Waals surface area contributed by atoms with Crippen LogP contribution in [0.2, 0.25) is 0 Å². The normalized spacial score (nSPS) is 25.8. The van der Waals surface area contributed by atoms with Crippen molar-refractivity contribution in [2.24, 2.45) is 16.7 Å². The third-order valence-corrected chi connectivity index (χ3v) is 9.00. The Kier molecular flexibility index (Phi) is 6.06. The molecule has 0 amide bonds. The van der Waals surface area contributed by atoms with Gasteiger partial charge in [0.1, 0.15) is 11.7 Å². The van der Waals surface area contributed by atoms with E-state index in [1.807, 2.05) is 54.6 Å². The third kappa shape index (κ3) is 3.38. The van der Waals surface area contributed by atoms with Crippen LogP contribution in [0, 0.1) is 16.7 Å². The van der Waals surface area contributed by atoms with Crippen molar-refractivity contribution in [1.82, 2.24) is 0 Å². The Hall–Kier alpha value is -2.95. The predicted octanol–water partition coefficient (Wildman–Crippen LogP) is 6.05. The van der Waals surface area contributed by atoms with Crippen LogP contribution in [0.5, 0.6) is 0 Å². The largest absolute Gasteiger partial charge is 0.459 e. The van der Waals surface area contributed by atoms with Gasteiger partial charge in [-0.3, -0.25) is 0 Å². The van der Waals surface area contributed by atoms with E-state index in [2.05, 4.69) is 38.1 Å². The predicted molar refractivity (Wildman–Crippen MR) is 136 cm³/mol. The quantitative estimate of drug-likeness (QED) is 0.427. The van der Waals surface area contributed by atoms with Crippen molar-refractivity contribution < 1.29 is 19.4 Å². The summed E-state index contributed by atoms with van der Waals surface area (Å²) in [5.74, 6) is -0.217. The monoisotopic (exact) mass is 470 g/mol. The zero-order chi connectivity index (χ0) is 24.7. The molecule has 1 N–H and O–H groups in total. The summed E-state index contributed by atoms with van der Waals surface area (Å²) in [5.41, 5.74) is 1.12. The van der Waals surface area contributed by atoms with E-state index in [1.165, 1.54) is 0 Å². The molecule has 182 valence electrons. The van der Waals surface area contributed by atoms with Gasteiger partial charge in [-0.1, -0.05) is 105 Å². The summed E-state index contributed by atoms with van der Waals surface area (Å²) in [6, 6.07) is 29.6. The topological polar surface area (TPSA) is 55.8 Å². The molecule has 2 aliphatic rings. The van der Waals surface area contributed by atoms with Gasteiger partial charge in [0.15, 0.2) is 6.10 Å². The van der Waals surface area contributed by atoms with E-state index in [0.717, 1.165) is 30.4 Å². The Labute approximate surface area is 207 Å². The van der Waals surface area contributed by atoms with Crippen molar-refractivity contribution in [3.8, 4) is 0 Å². The van der Waals surface area contributed by atoms with Gasteiger partial charge in [-0.05, 0) is 47.3 Å². The highest BCUT2D eigenvalue weighted by Crippen LogP contribution is 2.74. The Bertz CT molecular complexity index is 1120. The van der Waals surface area contributed by atoms with E-state index in [0.29, 0.717) is 11.5 Å². The van der Waals surface area contributed by atoms with Crippen molar-refractivity contribution in [3.05, 3.63) is 108 Å². The second kappa shape index (κ2) is 8.92. The number of hydrogen-bond donors (Lipinski definition) is 1. The highest BCUT2D eigenvalue weighted by atomic mass is 16.6. The molecule has 4 nitrogen and oxygen atoms in total. The summed E-state index contributed by atoms with van der Waals surface area (Å²) in [4.78, 5) is 13.3. The van der Waals surface area contributed by atoms with Gasteiger partial charge in [0.05, 0.1) is 5.41 Å². The number of hydrogen-bond acceptors (Lipinski definition) is 4. The fourth-order valence-electron chi connectivity index (χ4n) is 7.32. The van der Waals surface area contributed by atoms with Gasteiger partial charge in [0.25, 0.3) is 0 Å². The molecule has 0 saturated heterocycles. The standard InChI is InChI=1S/C31H34O4/c1-29(2)25-19-20-30(29,26(21-25)35-28(33)27(32)22-13-7-4-8-14-22)31(34-3,23-15-9-5-10-16-23)24-17-11-6-12-18-24/h4-18,25-27,32H,19-21H2,1-3H3/t25-,26-,27-,30-/m1/s1. The smallest absolute Gasteiger partial charge is 0.339 e. The Morgan fingerprint density at radius 3 is 1.91 bits per heavy atom. The molecule has 0 aliphatic heterocycles. The molecule has 3 aromatic carbocycles. The average Bonchev–Trinajstić information content (AvgIpc) is 3.28. The van der Waals surface area contributed by atoms with Crippen LogP contribution in [0.1, 0.15) is 55.9 Å². The fraction of sp³-hybridized carbons (Fsp3) is 0.387. The lowest BCUT2D eigenvalue weighted by atomic mass is 9.54. The van der Waals surface area contributed by atoms with Gasteiger partial charge in [-0.25, -0.2) is 4.79 Å². The van der Waals surface area contributed by atoms with E-state index in [-0.39, 0.29) is 5.41 Å². The van der Waals surface area contributed by atoms with Crippen molar-refractivity contribution in [2.45, 2.75) is 50.9 Å². The summed E-state index contributed by atoms with van der Waals surface area (Å²) in [6.45, 7) is 4.59. The lowest BCUT2D eigenvalue weighted by molar-refractivity contribution is -0.198. The highest BCUT2D eigenvalue weighted by Gasteiger charge is 2.74. The maximum absolute atomic E-state index is 13.3. The maximum atomic E-state index is 13.3. The van der Waals surface area contributed by atoms with Crippen LogP contribution in [0.25, 0.3) is 0 Å². The number of esters is 1. The lowest BCUT2D eigenvalue weighted by Crippen LogP contribution is -2.58. The SMILES string of the molecule is COC(c1ccccc1)(c1ccccc1)[C@]12CC[C@H](C[C@H]1OC(=O)[C@H](O)c1ccccc1)C2(C)C. The van der Waals surface area contributed by atoms with Gasteiger partial charge in [-0.2, -0.15) is 0 Å². The summed E-state index contributed by atoms with van der Waals surface area (Å²) in [5, 5.41) is 10.8. The van der Waals surface area contributed by atoms with Gasteiger partial charge in [0.2, 0.25) is 0 Å². The molecule has 4 atom stereocenters. The van der Waals surface area contributed by atoms with Crippen molar-refractivity contribution in [2.75, 3.05) is 7.11 Å². The molecule has 0 aromatic heterocycles. The lowest BCUT2D eigenvalue weighted by Gasteiger charge is -2.55. The first-order valence-corrected chi connectivity index (χ1v) is 12.5. The number of rotatable bonds is 7. The van der Waals surface area contributed by atoms with Crippen LogP contribution in [-0.4, -0.2) is 24.3 Å². The molecule has 0 spiro atoms. The van der Waals surface area contributed by atoms with Gasteiger partial charge in [0, 0.05) is 7.11 Å². The zero-order valence-corrected chi connectivity index (χ0v) is 20.7. The number of ether oxygens (including phenoxy) is 2. The molecular formula is C31H34O4. The first-order chi connectivity index (χ1) is 16.9. The number of aliphatic hydroxyl groups excluding tert-OH is 1. The molecular weight excluding hydrogens is 436 g/mol. The van der Waals surface area contributed by atoms with Crippen LogP contribution in [-0.2, 0) is 19.9 Å². The van der Waals surface area contributed by atoms with Crippen molar-refractivity contribution >= 4 is 5.97 Å². The number of carbonyl (C=O) groups is 1. The average molecular weight is 471 g/mol. The van der Waals surface area contributed by atoms with Crippen LogP contribution in [0.15, 0.2) is 91.0 Å². The minimum Gasteiger partial charge on any atom is -0.459 e. The number of aliphatic hydroxyl groups is 1. The van der Waals surface area contributed by atoms with E-state index in [4.69, 9.17) is 9.47 Å². The van der Waals surface area contributed by atoms with Crippen molar-refractivity contribution in [1.29, 1.82) is 0 Å². The Morgan fingerprint density at radius 1 is 0.914 bits per heavy atom. The minimum atomic E-state index is -1.32. The molecule has 2 fully saturated rings. The van der Waals surface area contributed by atoms with Crippen LogP contribution < -0.4 is 0 Å². The maximum Gasteiger partial charge on any atom is 0.339 e. The fourth-order valence-corrected chi connectivity index (χ4v) is 7.32. The van der Waals surface area contributed by atoms with Crippen LogP contribution in [0.4, 0.5) is 0 Å². The van der Waals surface area contributed by atoms with Gasteiger partial charge in [-0.15, -0.1) is 0 Å². The number of benzene rings is 3. The third-order valence-electron chi connectivity index (χ3n) is 9.00. The summed E-state index contributed by atoms with van der Waals surface area (Å²) in [7, 11) is 1.77. The molecule has 3 aromatic rings. The van der Waals surface area contributed by atoms with E-state index >= 15 is 0 Å². The van der Waals surface area contributed by atoms with Gasteiger partial charge < -0.3 is 14.6 Å². The van der Waals surface area contributed by atoms with Crippen LogP contribution in [0.3, 0.4) is 0 Å². The minimum absolute atomic E-state index is 0.169. The molecule has 0 radical (unpaired) electrons. The number of methoxy groups -OCH3 is 1. The second-order valence-electron chi connectivity index (χ2n) is 10.5. The number of fused-ring (bicyclic) bond motifs is 2. The summed E-state index contributed by atoms with van der Waals surface area (Å²) >= 11 is 0. The summed E-state index contributed by atoms with van der Waals surface area (Å²) < 4.78 is 12.9. The van der Waals surface area contributed by atoms with Crippen molar-refractivity contribution in [3.63, 3.8) is 0 Å². The summed E-state index contributed by atoms with van der Waals surface area (Å²) in [6.07, 6.45) is 0.947. The molecule has 35 heavy (non-hydrogen) atoms. The molecule has 4 heteroatoms. The highest BCUT2D eigenvalue weighted by molar-refractivity contribution is 5.76. The first-order valence-electron chi connectivity index (χ1n) is 12.5. The Morgan fingerprint density at radius 2 is 1.43 bits per heavy atom. The molecule has 2 aliphatic carbocycles. The molecule has 0 unspecified atom stereocenters.